The van der Waals surface area contributed by atoms with Crippen LogP contribution in [0.15, 0.2) is 47.4 Å². The molecule has 1 amide bonds. The van der Waals surface area contributed by atoms with Gasteiger partial charge in [0.25, 0.3) is 5.91 Å². The van der Waals surface area contributed by atoms with E-state index in [0.717, 1.165) is 38.8 Å². The predicted molar refractivity (Wildman–Crippen MR) is 120 cm³/mol. The zero-order valence-electron chi connectivity index (χ0n) is 17.6. The Hall–Kier alpha value is -2.42. The summed E-state index contributed by atoms with van der Waals surface area (Å²) < 4.78 is 32.3. The molecule has 0 spiro atoms. The van der Waals surface area contributed by atoms with Gasteiger partial charge >= 0.3 is 5.97 Å². The maximum Gasteiger partial charge on any atom is 0.340 e. The van der Waals surface area contributed by atoms with Gasteiger partial charge in [0.15, 0.2) is 0 Å². The molecule has 2 aliphatic heterocycles. The van der Waals surface area contributed by atoms with E-state index in [1.54, 1.807) is 24.3 Å². The molecule has 4 rings (SSSR count). The number of hydrogen-bond acceptors (Lipinski definition) is 5. The summed E-state index contributed by atoms with van der Waals surface area (Å²) in [5, 5.41) is 0.127. The highest BCUT2D eigenvalue weighted by Crippen LogP contribution is 2.26. The van der Waals surface area contributed by atoms with Crippen LogP contribution in [-0.4, -0.2) is 55.7 Å². The summed E-state index contributed by atoms with van der Waals surface area (Å²) in [5.74, 6) is -0.695. The average Bonchev–Trinajstić information content (AvgIpc) is 3.52. The smallest absolute Gasteiger partial charge is 0.340 e. The number of benzene rings is 2. The number of nitrogens with zero attached hydrogens (tertiary/aromatic N) is 2. The molecule has 2 aliphatic rings. The number of esters is 1. The molecule has 0 N–H and O–H groups in total. The number of hydrogen-bond donors (Lipinski definition) is 0. The number of likely N-dealkylation sites (tertiary alicyclic amines) is 1. The summed E-state index contributed by atoms with van der Waals surface area (Å²) in [6, 6.07) is 11.0. The highest BCUT2D eigenvalue weighted by Gasteiger charge is 2.28. The van der Waals surface area contributed by atoms with Crippen LogP contribution in [0.25, 0.3) is 0 Å². The molecule has 0 aromatic heterocycles. The van der Waals surface area contributed by atoms with Crippen LogP contribution in [0.4, 0.5) is 0 Å². The maximum absolute atomic E-state index is 12.8. The fourth-order valence-corrected chi connectivity index (χ4v) is 5.71. The van der Waals surface area contributed by atoms with E-state index >= 15 is 0 Å². The predicted octanol–water partition coefficient (Wildman–Crippen LogP) is 3.72. The molecule has 32 heavy (non-hydrogen) atoms. The van der Waals surface area contributed by atoms with Gasteiger partial charge in [0.1, 0.15) is 6.61 Å². The van der Waals surface area contributed by atoms with Gasteiger partial charge in [-0.05, 0) is 61.6 Å². The van der Waals surface area contributed by atoms with E-state index < -0.39 is 16.0 Å². The third-order valence-corrected chi connectivity index (χ3v) is 8.05. The molecule has 0 aliphatic carbocycles. The zero-order chi connectivity index (χ0) is 22.7. The van der Waals surface area contributed by atoms with Gasteiger partial charge in [0, 0.05) is 31.7 Å². The van der Waals surface area contributed by atoms with Gasteiger partial charge in [-0.15, -0.1) is 0 Å². The van der Waals surface area contributed by atoms with E-state index in [2.05, 4.69) is 0 Å². The minimum atomic E-state index is -3.67. The molecule has 0 unspecified atom stereocenters. The third kappa shape index (κ3) is 4.82. The van der Waals surface area contributed by atoms with Crippen molar-refractivity contribution in [2.24, 2.45) is 0 Å². The first-order valence-corrected chi connectivity index (χ1v) is 12.5. The second-order valence-corrected chi connectivity index (χ2v) is 10.4. The Balaban J connectivity index is 1.42. The molecule has 2 fully saturated rings. The van der Waals surface area contributed by atoms with Crippen molar-refractivity contribution in [3.8, 4) is 0 Å². The van der Waals surface area contributed by atoms with Crippen LogP contribution < -0.4 is 0 Å². The van der Waals surface area contributed by atoms with Crippen molar-refractivity contribution < 1.29 is 22.7 Å². The molecule has 170 valence electrons. The van der Waals surface area contributed by atoms with E-state index in [9.17, 15) is 18.0 Å². The second kappa shape index (κ2) is 9.60. The van der Waals surface area contributed by atoms with Crippen LogP contribution in [-0.2, 0) is 21.4 Å². The van der Waals surface area contributed by atoms with Gasteiger partial charge in [-0.1, -0.05) is 23.7 Å². The SMILES string of the molecule is O=C(OCc1ccc(C(=O)N2CCCC2)cc1)c1cc(S(=O)(=O)N2CCCC2)ccc1Cl. The van der Waals surface area contributed by atoms with Crippen molar-refractivity contribution in [3.05, 3.63) is 64.2 Å². The van der Waals surface area contributed by atoms with Crippen LogP contribution in [0.5, 0.6) is 0 Å². The second-order valence-electron chi connectivity index (χ2n) is 8.03. The summed E-state index contributed by atoms with van der Waals surface area (Å²) in [6.07, 6.45) is 3.71. The minimum Gasteiger partial charge on any atom is -0.457 e. The number of sulfonamides is 1. The Bertz CT molecular complexity index is 1110. The zero-order valence-corrected chi connectivity index (χ0v) is 19.2. The monoisotopic (exact) mass is 476 g/mol. The molecule has 2 heterocycles. The lowest BCUT2D eigenvalue weighted by Crippen LogP contribution is -2.28. The summed E-state index contributed by atoms with van der Waals surface area (Å²) >= 11 is 6.15. The minimum absolute atomic E-state index is 0.00719. The number of halogens is 1. The van der Waals surface area contributed by atoms with Crippen molar-refractivity contribution in [3.63, 3.8) is 0 Å². The molecule has 0 radical (unpaired) electrons. The molecule has 2 aromatic rings. The lowest BCUT2D eigenvalue weighted by molar-refractivity contribution is 0.0472. The Labute approximate surface area is 193 Å². The van der Waals surface area contributed by atoms with E-state index in [1.807, 2.05) is 4.90 Å². The topological polar surface area (TPSA) is 84.0 Å². The number of ether oxygens (including phenoxy) is 1. The lowest BCUT2D eigenvalue weighted by Gasteiger charge is -2.16. The first-order chi connectivity index (χ1) is 15.4. The van der Waals surface area contributed by atoms with Gasteiger partial charge in [-0.2, -0.15) is 4.31 Å². The average molecular weight is 477 g/mol. The maximum atomic E-state index is 12.8. The van der Waals surface area contributed by atoms with Crippen LogP contribution in [0, 0.1) is 0 Å². The Morgan fingerprint density at radius 3 is 2.19 bits per heavy atom. The van der Waals surface area contributed by atoms with Crippen molar-refractivity contribution in [2.75, 3.05) is 26.2 Å². The Morgan fingerprint density at radius 2 is 1.53 bits per heavy atom. The van der Waals surface area contributed by atoms with E-state index in [0.29, 0.717) is 24.2 Å². The molecule has 0 bridgehead atoms. The number of carbonyl (C=O) groups excluding carboxylic acids is 2. The van der Waals surface area contributed by atoms with Crippen LogP contribution in [0.2, 0.25) is 5.02 Å². The molecule has 0 saturated carbocycles. The third-order valence-electron chi connectivity index (χ3n) is 5.82. The van der Waals surface area contributed by atoms with Crippen molar-refractivity contribution in [2.45, 2.75) is 37.2 Å². The molecule has 7 nitrogen and oxygen atoms in total. The summed E-state index contributed by atoms with van der Waals surface area (Å²) in [6.45, 7) is 2.50. The van der Waals surface area contributed by atoms with Gasteiger partial charge in [-0.25, -0.2) is 13.2 Å². The quantitative estimate of drug-likeness (QED) is 0.593. The molecule has 2 aromatic carbocycles. The van der Waals surface area contributed by atoms with Crippen molar-refractivity contribution in [1.82, 2.24) is 9.21 Å². The molecule has 9 heteroatoms. The van der Waals surface area contributed by atoms with Gasteiger partial charge in [0.05, 0.1) is 15.5 Å². The Kier molecular flexibility index (Phi) is 6.83. The number of carbonyl (C=O) groups is 2. The van der Waals surface area contributed by atoms with Crippen LogP contribution >= 0.6 is 11.6 Å². The van der Waals surface area contributed by atoms with Crippen molar-refractivity contribution in [1.29, 1.82) is 0 Å². The Morgan fingerprint density at radius 1 is 0.906 bits per heavy atom. The molecular formula is C23H25ClN2O5S. The number of rotatable bonds is 6. The summed E-state index contributed by atoms with van der Waals surface area (Å²) in [5.41, 5.74) is 1.32. The van der Waals surface area contributed by atoms with Crippen LogP contribution in [0.3, 0.4) is 0 Å². The molecule has 0 atom stereocenters. The summed E-state index contributed by atoms with van der Waals surface area (Å²) in [7, 11) is -3.67. The first-order valence-electron chi connectivity index (χ1n) is 10.7. The fraction of sp³-hybridized carbons (Fsp3) is 0.391. The van der Waals surface area contributed by atoms with Gasteiger partial charge in [0.2, 0.25) is 10.0 Å². The highest BCUT2D eigenvalue weighted by molar-refractivity contribution is 7.89. The highest BCUT2D eigenvalue weighted by atomic mass is 35.5. The first kappa shape index (κ1) is 22.8. The normalized spacial score (nSPS) is 17.0. The largest absolute Gasteiger partial charge is 0.457 e. The van der Waals surface area contributed by atoms with Crippen molar-refractivity contribution >= 4 is 33.5 Å². The standard InChI is InChI=1S/C23H25ClN2O5S/c24-21-10-9-19(32(29,30)26-13-3-4-14-26)15-20(21)23(28)31-16-17-5-7-18(8-6-17)22(27)25-11-1-2-12-25/h5-10,15H,1-4,11-14,16H2. The number of amides is 1. The van der Waals surface area contributed by atoms with E-state index in [4.69, 9.17) is 16.3 Å². The fourth-order valence-electron chi connectivity index (χ4n) is 3.97. The van der Waals surface area contributed by atoms with E-state index in [-0.39, 0.29) is 28.0 Å². The molecular weight excluding hydrogens is 452 g/mol. The van der Waals surface area contributed by atoms with Gasteiger partial charge < -0.3 is 9.64 Å². The van der Waals surface area contributed by atoms with E-state index in [1.165, 1.54) is 22.5 Å². The van der Waals surface area contributed by atoms with Crippen LogP contribution in [0.1, 0.15) is 52.0 Å². The summed E-state index contributed by atoms with van der Waals surface area (Å²) in [4.78, 5) is 26.9. The van der Waals surface area contributed by atoms with Gasteiger partial charge in [-0.3, -0.25) is 4.79 Å². The molecule has 2 saturated heterocycles. The lowest BCUT2D eigenvalue weighted by atomic mass is 10.1.